The van der Waals surface area contributed by atoms with Crippen molar-refractivity contribution in [1.82, 2.24) is 19.9 Å². The van der Waals surface area contributed by atoms with Gasteiger partial charge in [-0.15, -0.1) is 11.3 Å². The number of carbonyl (C=O) groups is 1. The first-order valence-electron chi connectivity index (χ1n) is 9.78. The first-order chi connectivity index (χ1) is 14.9. The largest absolute Gasteiger partial charge is 0.488 e. The van der Waals surface area contributed by atoms with Gasteiger partial charge in [-0.05, 0) is 36.8 Å². The molecule has 1 aliphatic heterocycles. The lowest BCUT2D eigenvalue weighted by molar-refractivity contribution is 0.129. The van der Waals surface area contributed by atoms with Crippen LogP contribution in [0.4, 0.5) is 4.79 Å². The summed E-state index contributed by atoms with van der Waals surface area (Å²) >= 11 is 1.60. The van der Waals surface area contributed by atoms with Crippen molar-refractivity contribution in [2.45, 2.75) is 19.4 Å². The molecule has 1 N–H and O–H groups in total. The Balaban J connectivity index is 1.57. The number of benzene rings is 2. The highest BCUT2D eigenvalue weighted by Gasteiger charge is 2.28. The SMILES string of the molecule is COc1cnc2c(-c3nc4ccc5c(c4s3)C[C@@H](CN(C)C(=O)O)O5)cc(C)cc2n1. The van der Waals surface area contributed by atoms with E-state index in [1.807, 2.05) is 25.1 Å². The topological polar surface area (TPSA) is 97.7 Å². The van der Waals surface area contributed by atoms with Crippen LogP contribution in [0, 0.1) is 6.92 Å². The Morgan fingerprint density at radius 1 is 1.32 bits per heavy atom. The highest BCUT2D eigenvalue weighted by Crippen LogP contribution is 2.41. The van der Waals surface area contributed by atoms with Gasteiger partial charge in [0.15, 0.2) is 0 Å². The Morgan fingerprint density at radius 3 is 2.94 bits per heavy atom. The minimum absolute atomic E-state index is 0.203. The van der Waals surface area contributed by atoms with Crippen molar-refractivity contribution < 1.29 is 19.4 Å². The van der Waals surface area contributed by atoms with E-state index in [0.29, 0.717) is 18.8 Å². The molecule has 1 aliphatic rings. The molecule has 1 atom stereocenters. The van der Waals surface area contributed by atoms with Crippen LogP contribution in [0.15, 0.2) is 30.5 Å². The summed E-state index contributed by atoms with van der Waals surface area (Å²) in [6, 6.07) is 7.92. The smallest absolute Gasteiger partial charge is 0.407 e. The number of aryl methyl sites for hydroxylation is 1. The van der Waals surface area contributed by atoms with Gasteiger partial charge >= 0.3 is 6.09 Å². The first kappa shape index (κ1) is 19.5. The summed E-state index contributed by atoms with van der Waals surface area (Å²) in [6.07, 6.45) is 1.10. The van der Waals surface area contributed by atoms with E-state index in [9.17, 15) is 4.79 Å². The van der Waals surface area contributed by atoms with Gasteiger partial charge in [-0.2, -0.15) is 0 Å². The van der Waals surface area contributed by atoms with Crippen molar-refractivity contribution in [1.29, 1.82) is 0 Å². The van der Waals surface area contributed by atoms with Crippen LogP contribution in [0.3, 0.4) is 0 Å². The molecule has 2 aromatic heterocycles. The van der Waals surface area contributed by atoms with E-state index in [1.165, 1.54) is 4.90 Å². The molecule has 9 heteroatoms. The van der Waals surface area contributed by atoms with Crippen molar-refractivity contribution in [3.8, 4) is 22.2 Å². The number of hydrogen-bond donors (Lipinski definition) is 1. The maximum Gasteiger partial charge on any atom is 0.407 e. The number of methoxy groups -OCH3 is 1. The third kappa shape index (κ3) is 3.40. The average molecular weight is 436 g/mol. The van der Waals surface area contributed by atoms with E-state index >= 15 is 0 Å². The van der Waals surface area contributed by atoms with Crippen LogP contribution in [0.25, 0.3) is 31.8 Å². The van der Waals surface area contributed by atoms with Gasteiger partial charge in [-0.25, -0.2) is 19.7 Å². The quantitative estimate of drug-likeness (QED) is 0.513. The molecule has 0 saturated heterocycles. The number of aromatic nitrogens is 3. The molecule has 0 saturated carbocycles. The van der Waals surface area contributed by atoms with Crippen LogP contribution in [-0.2, 0) is 6.42 Å². The van der Waals surface area contributed by atoms with Crippen LogP contribution in [0.1, 0.15) is 11.1 Å². The second-order valence-corrected chi connectivity index (χ2v) is 8.61. The highest BCUT2D eigenvalue weighted by atomic mass is 32.1. The van der Waals surface area contributed by atoms with Crippen LogP contribution in [0.5, 0.6) is 11.6 Å². The number of carboxylic acid groups (broad SMARTS) is 1. The predicted octanol–water partition coefficient (Wildman–Crippen LogP) is 4.14. The number of likely N-dealkylation sites (N-methyl/N-ethyl adjacent to an activating group) is 1. The number of ether oxygens (including phenoxy) is 2. The van der Waals surface area contributed by atoms with Gasteiger partial charge in [0.2, 0.25) is 5.88 Å². The molecule has 1 amide bonds. The summed E-state index contributed by atoms with van der Waals surface area (Å²) in [7, 11) is 3.12. The number of thiazole rings is 1. The highest BCUT2D eigenvalue weighted by molar-refractivity contribution is 7.22. The van der Waals surface area contributed by atoms with E-state index in [-0.39, 0.29) is 6.10 Å². The van der Waals surface area contributed by atoms with E-state index in [2.05, 4.69) is 16.0 Å². The second kappa shape index (κ2) is 7.35. The molecule has 158 valence electrons. The lowest BCUT2D eigenvalue weighted by Gasteiger charge is -2.17. The Morgan fingerprint density at radius 2 is 2.16 bits per heavy atom. The minimum atomic E-state index is -0.964. The molecule has 2 aromatic carbocycles. The van der Waals surface area contributed by atoms with Gasteiger partial charge in [-0.3, -0.25) is 0 Å². The number of amides is 1. The van der Waals surface area contributed by atoms with Crippen molar-refractivity contribution in [2.24, 2.45) is 0 Å². The molecular formula is C22H20N4O4S. The third-order valence-corrected chi connectivity index (χ3v) is 6.52. The molecule has 8 nitrogen and oxygen atoms in total. The molecule has 3 heterocycles. The standard InChI is InChI=1S/C22H20N4O4S/c1-11-6-14(19-16(7-11)24-18(29-3)9-23-19)21-25-15-4-5-17-13(20(15)31-21)8-12(30-17)10-26(2)22(27)28/h4-7,9,12H,8,10H2,1-3H3,(H,27,28)/t12-/m0/s1. The third-order valence-electron chi connectivity index (χ3n) is 5.36. The van der Waals surface area contributed by atoms with E-state index < -0.39 is 6.09 Å². The average Bonchev–Trinajstić information content (AvgIpc) is 3.35. The van der Waals surface area contributed by atoms with Crippen LogP contribution in [-0.4, -0.2) is 57.9 Å². The first-order valence-corrected chi connectivity index (χ1v) is 10.6. The lowest BCUT2D eigenvalue weighted by Crippen LogP contribution is -2.35. The van der Waals surface area contributed by atoms with Crippen molar-refractivity contribution in [2.75, 3.05) is 20.7 Å². The van der Waals surface area contributed by atoms with Crippen LogP contribution in [0.2, 0.25) is 0 Å². The fourth-order valence-corrected chi connectivity index (χ4v) is 5.02. The summed E-state index contributed by atoms with van der Waals surface area (Å²) < 4.78 is 12.3. The molecule has 0 bridgehead atoms. The minimum Gasteiger partial charge on any atom is -0.488 e. The molecule has 0 fully saturated rings. The van der Waals surface area contributed by atoms with Crippen LogP contribution < -0.4 is 9.47 Å². The Labute approximate surface area is 182 Å². The summed E-state index contributed by atoms with van der Waals surface area (Å²) in [5.74, 6) is 1.27. The zero-order valence-electron chi connectivity index (χ0n) is 17.2. The van der Waals surface area contributed by atoms with Crippen molar-refractivity contribution >= 4 is 38.7 Å². The van der Waals surface area contributed by atoms with Gasteiger partial charge in [0.25, 0.3) is 0 Å². The normalized spacial score (nSPS) is 15.1. The zero-order valence-corrected chi connectivity index (χ0v) is 18.1. The summed E-state index contributed by atoms with van der Waals surface area (Å²) in [4.78, 5) is 26.4. The monoisotopic (exact) mass is 436 g/mol. The maximum absolute atomic E-state index is 11.2. The summed E-state index contributed by atoms with van der Waals surface area (Å²) in [5.41, 5.74) is 5.51. The summed E-state index contributed by atoms with van der Waals surface area (Å²) in [6.45, 7) is 2.34. The number of nitrogens with zero attached hydrogens (tertiary/aromatic N) is 4. The molecular weight excluding hydrogens is 416 g/mol. The predicted molar refractivity (Wildman–Crippen MR) is 118 cm³/mol. The van der Waals surface area contributed by atoms with Gasteiger partial charge in [0, 0.05) is 24.6 Å². The number of hydrogen-bond acceptors (Lipinski definition) is 7. The maximum atomic E-state index is 11.2. The second-order valence-electron chi connectivity index (χ2n) is 7.61. The van der Waals surface area contributed by atoms with Crippen molar-refractivity contribution in [3.05, 3.63) is 41.6 Å². The van der Waals surface area contributed by atoms with Crippen molar-refractivity contribution in [3.63, 3.8) is 0 Å². The van der Waals surface area contributed by atoms with Gasteiger partial charge in [0.05, 0.1) is 41.1 Å². The molecule has 5 rings (SSSR count). The molecule has 4 aromatic rings. The van der Waals surface area contributed by atoms with Gasteiger partial charge in [0.1, 0.15) is 16.9 Å². The molecule has 0 unspecified atom stereocenters. The van der Waals surface area contributed by atoms with E-state index in [4.69, 9.17) is 19.6 Å². The zero-order chi connectivity index (χ0) is 21.7. The Kier molecular flexibility index (Phi) is 4.62. The molecule has 31 heavy (non-hydrogen) atoms. The molecule has 0 radical (unpaired) electrons. The Hall–Kier alpha value is -3.46. The van der Waals surface area contributed by atoms with Gasteiger partial charge < -0.3 is 19.5 Å². The number of fused-ring (bicyclic) bond motifs is 4. The lowest BCUT2D eigenvalue weighted by atomic mass is 10.1. The van der Waals surface area contributed by atoms with Crippen LogP contribution >= 0.6 is 11.3 Å². The van der Waals surface area contributed by atoms with E-state index in [0.717, 1.165) is 48.7 Å². The molecule has 0 spiro atoms. The van der Waals surface area contributed by atoms with Gasteiger partial charge in [-0.1, -0.05) is 0 Å². The van der Waals surface area contributed by atoms with E-state index in [1.54, 1.807) is 31.7 Å². The Bertz CT molecular complexity index is 1340. The summed E-state index contributed by atoms with van der Waals surface area (Å²) in [5, 5.41) is 10.0. The fourth-order valence-electron chi connectivity index (χ4n) is 3.89. The molecule has 0 aliphatic carbocycles. The number of rotatable bonds is 4. The fraction of sp³-hybridized carbons (Fsp3) is 0.273.